The Morgan fingerprint density at radius 2 is 2.33 bits per heavy atom. The monoisotopic (exact) mass is 281 g/mol. The second-order valence-corrected chi connectivity index (χ2v) is 3.33. The highest BCUT2D eigenvalue weighted by Crippen LogP contribution is 2.11. The zero-order chi connectivity index (χ0) is 9.56. The maximum Gasteiger partial charge on any atom is 0.417 e. The first-order valence-electron chi connectivity index (χ1n) is 3.73. The van der Waals surface area contributed by atoms with Gasteiger partial charge >= 0.3 is 6.09 Å². The summed E-state index contributed by atoms with van der Waals surface area (Å²) in [4.78, 5) is 10.5. The van der Waals surface area contributed by atoms with Gasteiger partial charge in [0.15, 0.2) is 0 Å². The van der Waals surface area contributed by atoms with Crippen molar-refractivity contribution in [2.45, 2.75) is 32.7 Å². The Morgan fingerprint density at radius 1 is 1.75 bits per heavy atom. The van der Waals surface area contributed by atoms with Crippen LogP contribution in [0.1, 0.15) is 26.7 Å². The number of hydrogen-bond acceptors (Lipinski definition) is 1. The lowest BCUT2D eigenvalue weighted by atomic mass is 10.2. The van der Waals surface area contributed by atoms with Crippen LogP contribution in [0.2, 0.25) is 0 Å². The predicted molar refractivity (Wildman–Crippen MR) is 56.0 cm³/mol. The molecule has 1 unspecified atom stereocenters. The lowest BCUT2D eigenvalue weighted by molar-refractivity contribution is 0.174. The molecule has 68 valence electrons. The van der Waals surface area contributed by atoms with E-state index >= 15 is 0 Å². The van der Waals surface area contributed by atoms with Gasteiger partial charge in [-0.3, -0.25) is 0 Å². The summed E-state index contributed by atoms with van der Waals surface area (Å²) in [5.74, 6) is 5.58. The molecule has 0 heterocycles. The third kappa shape index (κ3) is 3.81. The number of carbonyl (C=O) groups is 1. The molecule has 0 aliphatic carbocycles. The van der Waals surface area contributed by atoms with E-state index in [4.69, 9.17) is 5.11 Å². The van der Waals surface area contributed by atoms with Gasteiger partial charge in [-0.05, 0) is 13.3 Å². The smallest absolute Gasteiger partial charge is 0.417 e. The van der Waals surface area contributed by atoms with Crippen LogP contribution in [0.3, 0.4) is 0 Å². The lowest BCUT2D eigenvalue weighted by Crippen LogP contribution is -2.29. The van der Waals surface area contributed by atoms with Gasteiger partial charge in [0.1, 0.15) is 6.04 Å². The van der Waals surface area contributed by atoms with Crippen LogP contribution in [0.15, 0.2) is 0 Å². The molecule has 0 aliphatic rings. The van der Waals surface area contributed by atoms with Crippen LogP contribution in [0, 0.1) is 11.8 Å². The molecule has 0 bridgehead atoms. The second-order valence-electron chi connectivity index (χ2n) is 2.29. The van der Waals surface area contributed by atoms with Gasteiger partial charge < -0.3 is 5.11 Å². The van der Waals surface area contributed by atoms with Crippen LogP contribution in [0.25, 0.3) is 0 Å². The van der Waals surface area contributed by atoms with E-state index in [0.29, 0.717) is 0 Å². The quantitative estimate of drug-likeness (QED) is 0.490. The highest BCUT2D eigenvalue weighted by molar-refractivity contribution is 14.1. The van der Waals surface area contributed by atoms with E-state index in [1.54, 1.807) is 29.8 Å². The molecule has 0 saturated heterocycles. The third-order valence-corrected chi connectivity index (χ3v) is 2.41. The Labute approximate surface area is 86.6 Å². The Hall–Kier alpha value is -0.440. The maximum atomic E-state index is 10.5. The highest BCUT2D eigenvalue weighted by atomic mass is 127. The summed E-state index contributed by atoms with van der Waals surface area (Å²) < 4.78 is 1.22. The van der Waals surface area contributed by atoms with Crippen LogP contribution in [-0.2, 0) is 0 Å². The molecule has 1 N–H and O–H groups in total. The van der Waals surface area contributed by atoms with Crippen molar-refractivity contribution in [3.05, 3.63) is 0 Å². The van der Waals surface area contributed by atoms with E-state index in [1.807, 2.05) is 6.92 Å². The fraction of sp³-hybridized carbons (Fsp3) is 0.625. The summed E-state index contributed by atoms with van der Waals surface area (Å²) in [7, 11) is 0. The molecule has 0 fully saturated rings. The van der Waals surface area contributed by atoms with Crippen molar-refractivity contribution < 1.29 is 9.90 Å². The molecule has 0 aromatic heterocycles. The van der Waals surface area contributed by atoms with Crippen LogP contribution in [0.5, 0.6) is 0 Å². The van der Waals surface area contributed by atoms with Crippen molar-refractivity contribution in [2.24, 2.45) is 0 Å². The molecule has 0 aromatic carbocycles. The molecule has 1 amide bonds. The molecular weight excluding hydrogens is 269 g/mol. The van der Waals surface area contributed by atoms with Crippen LogP contribution < -0.4 is 0 Å². The number of nitrogens with zero attached hydrogens (tertiary/aromatic N) is 1. The zero-order valence-corrected chi connectivity index (χ0v) is 9.33. The summed E-state index contributed by atoms with van der Waals surface area (Å²) in [6.45, 7) is 3.73. The first kappa shape index (κ1) is 11.6. The molecule has 0 spiro atoms. The average Bonchev–Trinajstić information content (AvgIpc) is 2.03. The van der Waals surface area contributed by atoms with Crippen molar-refractivity contribution in [1.29, 1.82) is 0 Å². The van der Waals surface area contributed by atoms with Crippen LogP contribution in [0.4, 0.5) is 4.79 Å². The molecule has 3 nitrogen and oxygen atoms in total. The average molecular weight is 281 g/mol. The van der Waals surface area contributed by atoms with Gasteiger partial charge in [-0.1, -0.05) is 19.3 Å². The van der Waals surface area contributed by atoms with E-state index in [1.165, 1.54) is 3.11 Å². The summed E-state index contributed by atoms with van der Waals surface area (Å²) >= 11 is 1.77. The maximum absolute atomic E-state index is 10.5. The first-order valence-corrected chi connectivity index (χ1v) is 4.70. The standard InChI is InChI=1S/C8H12INO2/c1-3-5-7(6-4-2)10(9)8(11)12/h7H,3,5H2,1-2H3,(H,11,12). The Balaban J connectivity index is 4.25. The highest BCUT2D eigenvalue weighted by Gasteiger charge is 2.17. The van der Waals surface area contributed by atoms with Gasteiger partial charge in [-0.25, -0.2) is 7.91 Å². The number of carboxylic acid groups (broad SMARTS) is 1. The summed E-state index contributed by atoms with van der Waals surface area (Å²) in [6.07, 6.45) is 0.791. The molecule has 0 rings (SSSR count). The zero-order valence-electron chi connectivity index (χ0n) is 7.17. The molecule has 1 atom stereocenters. The topological polar surface area (TPSA) is 40.5 Å². The SMILES string of the molecule is CC#CC(CCC)N(I)C(=O)O. The molecule has 0 aliphatic heterocycles. The normalized spacial score (nSPS) is 11.2. The van der Waals surface area contributed by atoms with Gasteiger partial charge in [-0.15, -0.1) is 5.92 Å². The summed E-state index contributed by atoms with van der Waals surface area (Å²) in [6, 6.07) is -0.168. The first-order chi connectivity index (χ1) is 5.63. The van der Waals surface area contributed by atoms with Gasteiger partial charge in [0.2, 0.25) is 0 Å². The van der Waals surface area contributed by atoms with Gasteiger partial charge in [0, 0.05) is 0 Å². The minimum Gasteiger partial charge on any atom is -0.464 e. The number of hydrogen-bond donors (Lipinski definition) is 1. The van der Waals surface area contributed by atoms with Crippen molar-refractivity contribution in [3.63, 3.8) is 0 Å². The van der Waals surface area contributed by atoms with Crippen molar-refractivity contribution in [2.75, 3.05) is 0 Å². The molecule has 4 heteroatoms. The summed E-state index contributed by atoms with van der Waals surface area (Å²) in [5.41, 5.74) is 0. The molecule has 0 radical (unpaired) electrons. The molecule has 0 aromatic rings. The van der Waals surface area contributed by atoms with E-state index in [0.717, 1.165) is 12.8 Å². The summed E-state index contributed by atoms with van der Waals surface area (Å²) in [5, 5.41) is 8.66. The predicted octanol–water partition coefficient (Wildman–Crippen LogP) is 2.51. The van der Waals surface area contributed by atoms with Gasteiger partial charge in [0.05, 0.1) is 22.9 Å². The van der Waals surface area contributed by atoms with Crippen molar-refractivity contribution in [1.82, 2.24) is 3.11 Å². The van der Waals surface area contributed by atoms with Crippen LogP contribution in [-0.4, -0.2) is 20.4 Å². The van der Waals surface area contributed by atoms with Crippen LogP contribution >= 0.6 is 22.9 Å². The number of rotatable bonds is 3. The van der Waals surface area contributed by atoms with E-state index in [-0.39, 0.29) is 6.04 Å². The third-order valence-electron chi connectivity index (χ3n) is 1.33. The fourth-order valence-corrected chi connectivity index (χ4v) is 1.23. The minimum atomic E-state index is -0.934. The Bertz CT molecular complexity index is 207. The van der Waals surface area contributed by atoms with Crippen molar-refractivity contribution in [3.8, 4) is 11.8 Å². The van der Waals surface area contributed by atoms with Gasteiger partial charge in [-0.2, -0.15) is 0 Å². The molecule has 0 saturated carbocycles. The van der Waals surface area contributed by atoms with E-state index in [2.05, 4.69) is 11.8 Å². The lowest BCUT2D eigenvalue weighted by Gasteiger charge is -2.17. The van der Waals surface area contributed by atoms with Crippen molar-refractivity contribution >= 4 is 29.0 Å². The second kappa shape index (κ2) is 6.12. The Kier molecular flexibility index (Phi) is 5.89. The Morgan fingerprint density at radius 3 is 2.67 bits per heavy atom. The molecular formula is C8H12INO2. The van der Waals surface area contributed by atoms with Gasteiger partial charge in [0.25, 0.3) is 0 Å². The largest absolute Gasteiger partial charge is 0.464 e. The number of halogens is 1. The molecule has 12 heavy (non-hydrogen) atoms. The fourth-order valence-electron chi connectivity index (χ4n) is 0.816. The van der Waals surface area contributed by atoms with E-state index in [9.17, 15) is 4.79 Å². The van der Waals surface area contributed by atoms with E-state index < -0.39 is 6.09 Å². The number of amides is 1. The minimum absolute atomic E-state index is 0.168.